The lowest BCUT2D eigenvalue weighted by Crippen LogP contribution is -2.07. The van der Waals surface area contributed by atoms with Gasteiger partial charge < -0.3 is 0 Å². The minimum absolute atomic E-state index is 0.654. The van der Waals surface area contributed by atoms with E-state index in [4.69, 9.17) is 0 Å². The standard InChI is InChI=1S/C19H23NO/c1-12-6-14(3)18(9-13(12)2)10-17-7-15(4)19(20-11-21)16(5)8-17/h7-9,12H,6,10H2,1-5H3. The number of aryl methyl sites for hydroxylation is 2. The van der Waals surface area contributed by atoms with Crippen molar-refractivity contribution in [2.75, 3.05) is 0 Å². The van der Waals surface area contributed by atoms with Gasteiger partial charge in [-0.25, -0.2) is 4.79 Å². The maximum atomic E-state index is 10.5. The summed E-state index contributed by atoms with van der Waals surface area (Å²) in [6.07, 6.45) is 6.08. The summed E-state index contributed by atoms with van der Waals surface area (Å²) < 4.78 is 0. The van der Waals surface area contributed by atoms with Crippen molar-refractivity contribution in [2.24, 2.45) is 10.9 Å². The van der Waals surface area contributed by atoms with Crippen molar-refractivity contribution in [3.8, 4) is 0 Å². The number of nitrogens with zero attached hydrogens (tertiary/aromatic N) is 1. The van der Waals surface area contributed by atoms with Crippen molar-refractivity contribution in [3.63, 3.8) is 0 Å². The third-order valence-corrected chi connectivity index (χ3v) is 4.44. The van der Waals surface area contributed by atoms with Crippen LogP contribution in [0.25, 0.3) is 0 Å². The summed E-state index contributed by atoms with van der Waals surface area (Å²) in [7, 11) is 0. The summed E-state index contributed by atoms with van der Waals surface area (Å²) in [5.74, 6) is 0.654. The van der Waals surface area contributed by atoms with E-state index in [-0.39, 0.29) is 0 Å². The molecule has 2 nitrogen and oxygen atoms in total. The highest BCUT2D eigenvalue weighted by atomic mass is 16.1. The van der Waals surface area contributed by atoms with Crippen LogP contribution >= 0.6 is 0 Å². The first-order valence-electron chi connectivity index (χ1n) is 7.47. The van der Waals surface area contributed by atoms with Crippen LogP contribution in [0.2, 0.25) is 0 Å². The highest BCUT2D eigenvalue weighted by Gasteiger charge is 2.15. The van der Waals surface area contributed by atoms with Crippen LogP contribution in [-0.2, 0) is 11.2 Å². The topological polar surface area (TPSA) is 29.4 Å². The zero-order valence-corrected chi connectivity index (χ0v) is 13.6. The monoisotopic (exact) mass is 281 g/mol. The maximum Gasteiger partial charge on any atom is 0.240 e. The van der Waals surface area contributed by atoms with E-state index in [0.29, 0.717) is 5.92 Å². The molecule has 0 N–H and O–H groups in total. The summed E-state index contributed by atoms with van der Waals surface area (Å²) in [5.41, 5.74) is 8.49. The molecule has 0 saturated heterocycles. The van der Waals surface area contributed by atoms with E-state index in [9.17, 15) is 4.79 Å². The molecule has 110 valence electrons. The predicted molar refractivity (Wildman–Crippen MR) is 87.6 cm³/mol. The van der Waals surface area contributed by atoms with E-state index in [2.05, 4.69) is 44.0 Å². The summed E-state index contributed by atoms with van der Waals surface area (Å²) in [5, 5.41) is 0. The fraction of sp³-hybridized carbons (Fsp3) is 0.421. The number of carbonyl (C=O) groups excluding carboxylic acids is 1. The number of aliphatic imine (C=N–C) groups is 1. The average Bonchev–Trinajstić information content (AvgIpc) is 2.40. The van der Waals surface area contributed by atoms with Crippen molar-refractivity contribution in [2.45, 2.75) is 47.5 Å². The molecule has 0 radical (unpaired) electrons. The number of benzene rings is 1. The van der Waals surface area contributed by atoms with Crippen LogP contribution in [0.15, 0.2) is 39.9 Å². The van der Waals surface area contributed by atoms with Gasteiger partial charge >= 0.3 is 0 Å². The third-order valence-electron chi connectivity index (χ3n) is 4.44. The Kier molecular flexibility index (Phi) is 4.59. The molecular weight excluding hydrogens is 258 g/mol. The number of hydrogen-bond donors (Lipinski definition) is 0. The summed E-state index contributed by atoms with van der Waals surface area (Å²) in [4.78, 5) is 14.3. The summed E-state index contributed by atoms with van der Waals surface area (Å²) >= 11 is 0. The van der Waals surface area contributed by atoms with Gasteiger partial charge in [0.05, 0.1) is 5.69 Å². The first-order chi connectivity index (χ1) is 9.92. The van der Waals surface area contributed by atoms with Gasteiger partial charge in [-0.05, 0) is 68.7 Å². The Hall–Kier alpha value is -1.92. The molecular formula is C19H23NO. The second-order valence-electron chi connectivity index (χ2n) is 6.26. The molecule has 0 aliphatic heterocycles. The second-order valence-corrected chi connectivity index (χ2v) is 6.26. The quantitative estimate of drug-likeness (QED) is 0.559. The SMILES string of the molecule is CC1=CC(Cc2cc(C)c(N=C=O)c(C)c2)=C(C)CC1C. The highest BCUT2D eigenvalue weighted by molar-refractivity contribution is 5.59. The van der Waals surface area contributed by atoms with Crippen molar-refractivity contribution in [1.82, 2.24) is 0 Å². The minimum Gasteiger partial charge on any atom is -0.211 e. The lowest BCUT2D eigenvalue weighted by molar-refractivity contribution is 0.565. The Balaban J connectivity index is 2.33. The summed E-state index contributed by atoms with van der Waals surface area (Å²) in [6.45, 7) is 10.7. The zero-order valence-electron chi connectivity index (χ0n) is 13.6. The molecule has 1 aliphatic carbocycles. The van der Waals surface area contributed by atoms with E-state index in [1.54, 1.807) is 6.08 Å². The van der Waals surface area contributed by atoms with Gasteiger partial charge in [-0.1, -0.05) is 36.3 Å². The fourth-order valence-corrected chi connectivity index (χ4v) is 3.08. The summed E-state index contributed by atoms with van der Waals surface area (Å²) in [6, 6.07) is 4.26. The van der Waals surface area contributed by atoms with E-state index < -0.39 is 0 Å². The molecule has 0 aromatic heterocycles. The predicted octanol–water partition coefficient (Wildman–Crippen LogP) is 5.12. The molecule has 0 heterocycles. The molecule has 21 heavy (non-hydrogen) atoms. The molecule has 0 saturated carbocycles. The number of isocyanates is 1. The molecule has 0 amide bonds. The zero-order chi connectivity index (χ0) is 15.6. The number of hydrogen-bond acceptors (Lipinski definition) is 2. The Morgan fingerprint density at radius 2 is 1.81 bits per heavy atom. The maximum absolute atomic E-state index is 10.5. The molecule has 0 spiro atoms. The van der Waals surface area contributed by atoms with Crippen molar-refractivity contribution >= 4 is 11.8 Å². The molecule has 0 fully saturated rings. The van der Waals surface area contributed by atoms with Gasteiger partial charge in [0.25, 0.3) is 0 Å². The molecule has 0 bridgehead atoms. The Morgan fingerprint density at radius 3 is 2.38 bits per heavy atom. The Morgan fingerprint density at radius 1 is 1.19 bits per heavy atom. The van der Waals surface area contributed by atoms with Crippen LogP contribution in [-0.4, -0.2) is 6.08 Å². The molecule has 1 aromatic rings. The van der Waals surface area contributed by atoms with Crippen LogP contribution in [0.5, 0.6) is 0 Å². The van der Waals surface area contributed by atoms with E-state index in [0.717, 1.165) is 29.7 Å². The molecule has 2 heteroatoms. The van der Waals surface area contributed by atoms with E-state index >= 15 is 0 Å². The molecule has 1 aromatic carbocycles. The first kappa shape index (κ1) is 15.5. The lowest BCUT2D eigenvalue weighted by atomic mass is 9.84. The molecule has 1 atom stereocenters. The largest absolute Gasteiger partial charge is 0.240 e. The smallest absolute Gasteiger partial charge is 0.211 e. The number of rotatable bonds is 3. The molecule has 1 unspecified atom stereocenters. The van der Waals surface area contributed by atoms with Crippen molar-refractivity contribution in [3.05, 3.63) is 51.6 Å². The van der Waals surface area contributed by atoms with Gasteiger partial charge in [-0.15, -0.1) is 0 Å². The highest BCUT2D eigenvalue weighted by Crippen LogP contribution is 2.32. The fourth-order valence-electron chi connectivity index (χ4n) is 3.08. The van der Waals surface area contributed by atoms with E-state index in [1.165, 1.54) is 22.3 Å². The lowest BCUT2D eigenvalue weighted by Gasteiger charge is -2.22. The average molecular weight is 281 g/mol. The van der Waals surface area contributed by atoms with Gasteiger partial charge in [0.1, 0.15) is 0 Å². The molecule has 1 aliphatic rings. The first-order valence-corrected chi connectivity index (χ1v) is 7.47. The minimum atomic E-state index is 0.654. The van der Waals surface area contributed by atoms with Crippen LogP contribution in [0.4, 0.5) is 5.69 Å². The normalized spacial score (nSPS) is 18.3. The van der Waals surface area contributed by atoms with Crippen LogP contribution in [0, 0.1) is 19.8 Å². The third kappa shape index (κ3) is 3.40. The molecule has 2 rings (SSSR count). The van der Waals surface area contributed by atoms with Gasteiger partial charge in [0.15, 0.2) is 0 Å². The van der Waals surface area contributed by atoms with Gasteiger partial charge in [0.2, 0.25) is 6.08 Å². The van der Waals surface area contributed by atoms with Crippen molar-refractivity contribution < 1.29 is 4.79 Å². The van der Waals surface area contributed by atoms with Gasteiger partial charge in [-0.3, -0.25) is 0 Å². The van der Waals surface area contributed by atoms with Crippen LogP contribution < -0.4 is 0 Å². The van der Waals surface area contributed by atoms with Crippen molar-refractivity contribution in [1.29, 1.82) is 0 Å². The number of allylic oxidation sites excluding steroid dienone is 4. The van der Waals surface area contributed by atoms with E-state index in [1.807, 2.05) is 13.8 Å². The Bertz CT molecular complexity index is 650. The second kappa shape index (κ2) is 6.24. The van der Waals surface area contributed by atoms with Crippen LogP contribution in [0.1, 0.15) is 43.9 Å². The Labute approximate surface area is 127 Å². The van der Waals surface area contributed by atoms with Gasteiger partial charge in [0, 0.05) is 0 Å². The van der Waals surface area contributed by atoms with Gasteiger partial charge in [-0.2, -0.15) is 4.99 Å². The van der Waals surface area contributed by atoms with Crippen LogP contribution in [0.3, 0.4) is 0 Å².